The van der Waals surface area contributed by atoms with Crippen LogP contribution < -0.4 is 0 Å². The molecule has 0 spiro atoms. The van der Waals surface area contributed by atoms with Crippen LogP contribution in [0.3, 0.4) is 0 Å². The van der Waals surface area contributed by atoms with Crippen molar-refractivity contribution in [3.63, 3.8) is 0 Å². The molecule has 1 atom stereocenters. The highest BCUT2D eigenvalue weighted by molar-refractivity contribution is 5.71. The Morgan fingerprint density at radius 2 is 2.07 bits per heavy atom. The summed E-state index contributed by atoms with van der Waals surface area (Å²) in [7, 11) is 0. The van der Waals surface area contributed by atoms with E-state index >= 15 is 0 Å². The number of allylic oxidation sites excluding steroid dienone is 3. The van der Waals surface area contributed by atoms with Crippen molar-refractivity contribution in [1.29, 1.82) is 0 Å². The van der Waals surface area contributed by atoms with E-state index in [1.54, 1.807) is 4.90 Å². The largest absolute Gasteiger partial charge is 0.443 e. The second-order valence-corrected chi connectivity index (χ2v) is 4.78. The van der Waals surface area contributed by atoms with Gasteiger partial charge in [0.15, 0.2) is 0 Å². The van der Waals surface area contributed by atoms with Gasteiger partial charge in [-0.2, -0.15) is 0 Å². The molecule has 84 valence electrons. The number of hydrogen-bond acceptors (Lipinski definition) is 2. The van der Waals surface area contributed by atoms with E-state index in [1.165, 1.54) is 0 Å². The van der Waals surface area contributed by atoms with E-state index in [2.05, 4.69) is 0 Å². The first-order valence-electron chi connectivity index (χ1n) is 5.18. The number of carbonyl (C=O) groups excluding carboxylic acids is 1. The molecule has 0 radical (unpaired) electrons. The minimum Gasteiger partial charge on any atom is -0.443 e. The van der Waals surface area contributed by atoms with Crippen LogP contribution in [-0.2, 0) is 4.74 Å². The van der Waals surface area contributed by atoms with Crippen LogP contribution in [0.4, 0.5) is 4.79 Å². The van der Waals surface area contributed by atoms with E-state index < -0.39 is 5.60 Å². The Labute approximate surface area is 91.4 Å². The summed E-state index contributed by atoms with van der Waals surface area (Å²) >= 11 is 0. The van der Waals surface area contributed by atoms with Gasteiger partial charge in [-0.3, -0.25) is 4.90 Å². The predicted molar refractivity (Wildman–Crippen MR) is 60.4 cm³/mol. The molecule has 0 aliphatic carbocycles. The minimum atomic E-state index is -0.446. The monoisotopic (exact) mass is 209 g/mol. The molecule has 1 aliphatic rings. The number of carbonyl (C=O) groups is 1. The second kappa shape index (κ2) is 4.09. The summed E-state index contributed by atoms with van der Waals surface area (Å²) in [5, 5.41) is 0. The van der Waals surface area contributed by atoms with Crippen molar-refractivity contribution in [2.24, 2.45) is 0 Å². The lowest BCUT2D eigenvalue weighted by Gasteiger charge is -2.32. The first-order valence-corrected chi connectivity index (χ1v) is 5.18. The molecule has 3 nitrogen and oxygen atoms in total. The van der Waals surface area contributed by atoms with Crippen molar-refractivity contribution in [2.75, 3.05) is 0 Å². The highest BCUT2D eigenvalue weighted by Crippen LogP contribution is 2.19. The average molecular weight is 209 g/mol. The average Bonchev–Trinajstić information content (AvgIpc) is 1.99. The molecule has 1 unspecified atom stereocenters. The normalized spacial score (nSPS) is 21.3. The molecule has 0 N–H and O–H groups in total. The summed E-state index contributed by atoms with van der Waals surface area (Å²) in [4.78, 5) is 13.5. The van der Waals surface area contributed by atoms with Crippen molar-refractivity contribution in [1.82, 2.24) is 4.90 Å². The zero-order chi connectivity index (χ0) is 11.6. The molecule has 0 aromatic carbocycles. The van der Waals surface area contributed by atoms with Gasteiger partial charge in [-0.15, -0.1) is 0 Å². The van der Waals surface area contributed by atoms with E-state index in [-0.39, 0.29) is 12.1 Å². The Morgan fingerprint density at radius 1 is 1.47 bits per heavy atom. The predicted octanol–water partition coefficient (Wildman–Crippen LogP) is 3.09. The lowest BCUT2D eigenvalue weighted by atomic mass is 10.1. The van der Waals surface area contributed by atoms with E-state index in [1.807, 2.05) is 52.8 Å². The molecule has 1 amide bonds. The van der Waals surface area contributed by atoms with Gasteiger partial charge < -0.3 is 4.74 Å². The van der Waals surface area contributed by atoms with Crippen LogP contribution in [0.15, 0.2) is 23.9 Å². The van der Waals surface area contributed by atoms with Gasteiger partial charge in [0.05, 0.1) is 6.04 Å². The standard InChI is InChI=1S/C12H19NO2/c1-9-7-6-8-10(2)13(9)11(14)15-12(3,4)5/h6-9H,1-5H3. The third kappa shape index (κ3) is 3.11. The molecule has 0 bridgehead atoms. The fraction of sp³-hybridized carbons (Fsp3) is 0.583. The smallest absolute Gasteiger partial charge is 0.415 e. The molecule has 0 aromatic rings. The van der Waals surface area contributed by atoms with Crippen molar-refractivity contribution in [3.8, 4) is 0 Å². The first kappa shape index (κ1) is 11.8. The Balaban J connectivity index is 2.76. The van der Waals surface area contributed by atoms with Crippen LogP contribution in [0.2, 0.25) is 0 Å². The van der Waals surface area contributed by atoms with Gasteiger partial charge in [-0.05, 0) is 40.7 Å². The maximum atomic E-state index is 11.9. The lowest BCUT2D eigenvalue weighted by molar-refractivity contribution is 0.0281. The van der Waals surface area contributed by atoms with E-state index in [0.717, 1.165) is 5.70 Å². The van der Waals surface area contributed by atoms with E-state index in [0.29, 0.717) is 0 Å². The Morgan fingerprint density at radius 3 is 2.53 bits per heavy atom. The van der Waals surface area contributed by atoms with Crippen LogP contribution >= 0.6 is 0 Å². The molecule has 15 heavy (non-hydrogen) atoms. The molecule has 0 aromatic heterocycles. The zero-order valence-corrected chi connectivity index (χ0v) is 10.1. The maximum Gasteiger partial charge on any atom is 0.415 e. The van der Waals surface area contributed by atoms with E-state index in [4.69, 9.17) is 4.74 Å². The summed E-state index contributed by atoms with van der Waals surface area (Å²) in [6, 6.07) is 0.0600. The van der Waals surface area contributed by atoms with Gasteiger partial charge in [0.2, 0.25) is 0 Å². The summed E-state index contributed by atoms with van der Waals surface area (Å²) < 4.78 is 5.33. The van der Waals surface area contributed by atoms with Crippen LogP contribution in [0.5, 0.6) is 0 Å². The lowest BCUT2D eigenvalue weighted by Crippen LogP contribution is -2.41. The minimum absolute atomic E-state index is 0.0600. The number of hydrogen-bond donors (Lipinski definition) is 0. The summed E-state index contributed by atoms with van der Waals surface area (Å²) in [6.45, 7) is 9.48. The number of ether oxygens (including phenoxy) is 1. The SMILES string of the molecule is CC1=CC=CC(C)N1C(=O)OC(C)(C)C. The highest BCUT2D eigenvalue weighted by Gasteiger charge is 2.26. The van der Waals surface area contributed by atoms with Crippen LogP contribution in [0, 0.1) is 0 Å². The van der Waals surface area contributed by atoms with Crippen molar-refractivity contribution in [2.45, 2.75) is 46.3 Å². The van der Waals surface area contributed by atoms with Crippen LogP contribution in [-0.4, -0.2) is 22.6 Å². The van der Waals surface area contributed by atoms with Gasteiger partial charge in [0, 0.05) is 5.70 Å². The fourth-order valence-electron chi connectivity index (χ4n) is 1.46. The highest BCUT2D eigenvalue weighted by atomic mass is 16.6. The van der Waals surface area contributed by atoms with Gasteiger partial charge in [0.25, 0.3) is 0 Å². The van der Waals surface area contributed by atoms with Crippen molar-refractivity contribution < 1.29 is 9.53 Å². The van der Waals surface area contributed by atoms with Gasteiger partial charge in [-0.1, -0.05) is 12.2 Å². The Hall–Kier alpha value is -1.25. The fourth-order valence-corrected chi connectivity index (χ4v) is 1.46. The maximum absolute atomic E-state index is 11.9. The van der Waals surface area contributed by atoms with Crippen molar-refractivity contribution >= 4 is 6.09 Å². The van der Waals surface area contributed by atoms with Crippen LogP contribution in [0.25, 0.3) is 0 Å². The van der Waals surface area contributed by atoms with Crippen molar-refractivity contribution in [3.05, 3.63) is 23.9 Å². The molecule has 3 heteroatoms. The molecule has 1 heterocycles. The van der Waals surface area contributed by atoms with Gasteiger partial charge >= 0.3 is 6.09 Å². The Kier molecular flexibility index (Phi) is 3.22. The quantitative estimate of drug-likeness (QED) is 0.613. The third-order valence-electron chi connectivity index (χ3n) is 2.10. The molecule has 1 rings (SSSR count). The molecule has 0 fully saturated rings. The zero-order valence-electron chi connectivity index (χ0n) is 10.1. The molecular weight excluding hydrogens is 190 g/mol. The molecular formula is C12H19NO2. The summed E-state index contributed by atoms with van der Waals surface area (Å²) in [5.41, 5.74) is 0.470. The van der Waals surface area contributed by atoms with Gasteiger partial charge in [-0.25, -0.2) is 4.79 Å². The molecule has 1 aliphatic heterocycles. The first-order chi connectivity index (χ1) is 6.81. The van der Waals surface area contributed by atoms with Crippen LogP contribution in [0.1, 0.15) is 34.6 Å². The van der Waals surface area contributed by atoms with E-state index in [9.17, 15) is 4.79 Å². The summed E-state index contributed by atoms with van der Waals surface area (Å²) in [6.07, 6.45) is 5.55. The number of amides is 1. The number of rotatable bonds is 0. The molecule has 0 saturated carbocycles. The number of nitrogens with zero attached hydrogens (tertiary/aromatic N) is 1. The summed E-state index contributed by atoms with van der Waals surface area (Å²) in [5.74, 6) is 0. The topological polar surface area (TPSA) is 29.5 Å². The van der Waals surface area contributed by atoms with Gasteiger partial charge in [0.1, 0.15) is 5.60 Å². The second-order valence-electron chi connectivity index (χ2n) is 4.78. The Bertz CT molecular complexity index is 310. The molecule has 0 saturated heterocycles. The third-order valence-corrected chi connectivity index (χ3v) is 2.10.